The van der Waals surface area contributed by atoms with E-state index in [0.717, 1.165) is 27.1 Å². The topological polar surface area (TPSA) is 42.2 Å². The third-order valence-corrected chi connectivity index (χ3v) is 3.95. The van der Waals surface area contributed by atoms with E-state index in [-0.39, 0.29) is 11.9 Å². The average Bonchev–Trinajstić information content (AvgIpc) is 2.71. The van der Waals surface area contributed by atoms with Gasteiger partial charge in [-0.05, 0) is 61.8 Å². The number of rotatable bonds is 3. The third-order valence-electron chi connectivity index (χ3n) is 3.26. The smallest absolute Gasteiger partial charge is 0.252 e. The Morgan fingerprint density at radius 2 is 1.95 bits per heavy atom. The molecule has 0 aliphatic rings. The van der Waals surface area contributed by atoms with Crippen molar-refractivity contribution in [1.29, 1.82) is 0 Å². The highest BCUT2D eigenvalue weighted by molar-refractivity contribution is 9.10. The second-order valence-corrected chi connectivity index (χ2v) is 5.90. The minimum atomic E-state index is -0.0914. The van der Waals surface area contributed by atoms with E-state index < -0.39 is 0 Å². The summed E-state index contributed by atoms with van der Waals surface area (Å²) in [7, 11) is 0. The van der Waals surface area contributed by atoms with Crippen LogP contribution in [-0.4, -0.2) is 5.91 Å². The van der Waals surface area contributed by atoms with E-state index in [9.17, 15) is 4.79 Å². The van der Waals surface area contributed by atoms with E-state index in [0.29, 0.717) is 5.56 Å². The first-order valence-electron chi connectivity index (χ1n) is 6.52. The predicted octanol–water partition coefficient (Wildman–Crippen LogP) is 4.46. The van der Waals surface area contributed by atoms with Crippen LogP contribution in [0.15, 0.2) is 33.2 Å². The van der Waals surface area contributed by atoms with Crippen LogP contribution >= 0.6 is 15.9 Å². The number of aryl methyl sites for hydroxylation is 3. The van der Waals surface area contributed by atoms with Crippen molar-refractivity contribution in [2.45, 2.75) is 33.7 Å². The molecule has 20 heavy (non-hydrogen) atoms. The van der Waals surface area contributed by atoms with Gasteiger partial charge >= 0.3 is 0 Å². The van der Waals surface area contributed by atoms with Gasteiger partial charge in [0.05, 0.1) is 11.6 Å². The number of carbonyl (C=O) groups excluding carboxylic acids is 1. The summed E-state index contributed by atoms with van der Waals surface area (Å²) in [6, 6.07) is 7.61. The summed E-state index contributed by atoms with van der Waals surface area (Å²) < 4.78 is 6.30. The molecule has 1 heterocycles. The fourth-order valence-electron chi connectivity index (χ4n) is 2.25. The molecule has 0 aliphatic carbocycles. The summed E-state index contributed by atoms with van der Waals surface area (Å²) in [6.07, 6.45) is 0. The van der Waals surface area contributed by atoms with Gasteiger partial charge in [-0.2, -0.15) is 0 Å². The van der Waals surface area contributed by atoms with Gasteiger partial charge in [-0.15, -0.1) is 0 Å². The average molecular weight is 336 g/mol. The highest BCUT2D eigenvalue weighted by Crippen LogP contribution is 2.23. The van der Waals surface area contributed by atoms with Crippen molar-refractivity contribution in [2.24, 2.45) is 0 Å². The van der Waals surface area contributed by atoms with Gasteiger partial charge in [0.1, 0.15) is 11.5 Å². The molecule has 1 N–H and O–H groups in total. The molecule has 1 aromatic carbocycles. The zero-order chi connectivity index (χ0) is 14.9. The SMILES string of the molecule is Cc1ccc(Br)c(C(=O)NC(C)c2cc(C)oc2C)c1. The fraction of sp³-hybridized carbons (Fsp3) is 0.312. The van der Waals surface area contributed by atoms with Crippen LogP contribution in [-0.2, 0) is 0 Å². The third kappa shape index (κ3) is 3.12. The number of halogens is 1. The first kappa shape index (κ1) is 14.9. The van der Waals surface area contributed by atoms with Crippen molar-refractivity contribution in [3.05, 3.63) is 56.9 Å². The van der Waals surface area contributed by atoms with Gasteiger partial charge in [0.25, 0.3) is 5.91 Å². The Hall–Kier alpha value is -1.55. The van der Waals surface area contributed by atoms with Gasteiger partial charge in [-0.25, -0.2) is 0 Å². The van der Waals surface area contributed by atoms with Gasteiger partial charge < -0.3 is 9.73 Å². The first-order valence-corrected chi connectivity index (χ1v) is 7.31. The molecule has 0 saturated heterocycles. The lowest BCUT2D eigenvalue weighted by atomic mass is 10.1. The molecule has 106 valence electrons. The summed E-state index contributed by atoms with van der Waals surface area (Å²) in [4.78, 5) is 12.3. The Morgan fingerprint density at radius 1 is 1.25 bits per heavy atom. The minimum Gasteiger partial charge on any atom is -0.466 e. The molecule has 4 heteroatoms. The molecule has 1 amide bonds. The van der Waals surface area contributed by atoms with Gasteiger partial charge in [-0.3, -0.25) is 4.79 Å². The van der Waals surface area contributed by atoms with Crippen molar-refractivity contribution in [1.82, 2.24) is 5.32 Å². The largest absolute Gasteiger partial charge is 0.466 e. The maximum absolute atomic E-state index is 12.3. The molecule has 0 saturated carbocycles. The normalized spacial score (nSPS) is 12.2. The summed E-state index contributed by atoms with van der Waals surface area (Å²) in [5.74, 6) is 1.61. The molecule has 1 atom stereocenters. The Bertz CT molecular complexity index is 646. The highest BCUT2D eigenvalue weighted by atomic mass is 79.9. The highest BCUT2D eigenvalue weighted by Gasteiger charge is 2.17. The Kier molecular flexibility index (Phi) is 4.33. The van der Waals surface area contributed by atoms with Crippen LogP contribution in [0.4, 0.5) is 0 Å². The molecule has 2 aromatic rings. The number of furan rings is 1. The first-order chi connectivity index (χ1) is 9.38. The van der Waals surface area contributed by atoms with Crippen molar-refractivity contribution in [2.75, 3.05) is 0 Å². The second kappa shape index (κ2) is 5.83. The minimum absolute atomic E-state index is 0.0904. The molecule has 3 nitrogen and oxygen atoms in total. The van der Waals surface area contributed by atoms with E-state index in [1.165, 1.54) is 0 Å². The van der Waals surface area contributed by atoms with Crippen molar-refractivity contribution < 1.29 is 9.21 Å². The van der Waals surface area contributed by atoms with Crippen LogP contribution in [0.5, 0.6) is 0 Å². The molecule has 0 aliphatic heterocycles. The summed E-state index contributed by atoms with van der Waals surface area (Å²) in [5.41, 5.74) is 2.72. The molecule has 0 spiro atoms. The van der Waals surface area contributed by atoms with Crippen molar-refractivity contribution in [3.8, 4) is 0 Å². The van der Waals surface area contributed by atoms with Crippen LogP contribution < -0.4 is 5.32 Å². The van der Waals surface area contributed by atoms with Gasteiger partial charge in [0, 0.05) is 10.0 Å². The Balaban J connectivity index is 2.19. The molecule has 0 fully saturated rings. The monoisotopic (exact) mass is 335 g/mol. The number of hydrogen-bond donors (Lipinski definition) is 1. The fourth-order valence-corrected chi connectivity index (χ4v) is 2.67. The van der Waals surface area contributed by atoms with Crippen molar-refractivity contribution >= 4 is 21.8 Å². The Labute approximate surface area is 127 Å². The van der Waals surface area contributed by atoms with Gasteiger partial charge in [0.15, 0.2) is 0 Å². The molecule has 0 bridgehead atoms. The standard InChI is InChI=1S/C16H18BrNO2/c1-9-5-6-15(17)14(7-9)16(19)18-11(3)13-8-10(2)20-12(13)4/h5-8,11H,1-4H3,(H,18,19). The summed E-state index contributed by atoms with van der Waals surface area (Å²) >= 11 is 3.42. The van der Waals surface area contributed by atoms with E-state index in [1.807, 2.05) is 52.0 Å². The number of hydrogen-bond acceptors (Lipinski definition) is 2. The molecular formula is C16H18BrNO2. The lowest BCUT2D eigenvalue weighted by Gasteiger charge is -2.14. The summed E-state index contributed by atoms with van der Waals surface area (Å²) in [5, 5.41) is 3.01. The number of nitrogens with one attached hydrogen (secondary N) is 1. The van der Waals surface area contributed by atoms with E-state index in [1.54, 1.807) is 0 Å². The molecule has 1 aromatic heterocycles. The number of benzene rings is 1. The van der Waals surface area contributed by atoms with Crippen LogP contribution in [0.1, 0.15) is 46.0 Å². The number of carbonyl (C=O) groups is 1. The van der Waals surface area contributed by atoms with Crippen LogP contribution in [0.25, 0.3) is 0 Å². The summed E-state index contributed by atoms with van der Waals surface area (Å²) in [6.45, 7) is 7.74. The zero-order valence-corrected chi connectivity index (χ0v) is 13.7. The lowest BCUT2D eigenvalue weighted by Crippen LogP contribution is -2.27. The molecule has 1 unspecified atom stereocenters. The zero-order valence-electron chi connectivity index (χ0n) is 12.1. The maximum Gasteiger partial charge on any atom is 0.252 e. The Morgan fingerprint density at radius 3 is 2.55 bits per heavy atom. The molecular weight excluding hydrogens is 318 g/mol. The number of amides is 1. The predicted molar refractivity (Wildman–Crippen MR) is 82.9 cm³/mol. The van der Waals surface area contributed by atoms with E-state index in [4.69, 9.17) is 4.42 Å². The van der Waals surface area contributed by atoms with Crippen LogP contribution in [0.3, 0.4) is 0 Å². The molecule has 0 radical (unpaired) electrons. The van der Waals surface area contributed by atoms with Crippen LogP contribution in [0.2, 0.25) is 0 Å². The second-order valence-electron chi connectivity index (χ2n) is 5.05. The van der Waals surface area contributed by atoms with Crippen LogP contribution in [0, 0.1) is 20.8 Å². The molecule has 2 rings (SSSR count). The lowest BCUT2D eigenvalue weighted by molar-refractivity contribution is 0.0939. The van der Waals surface area contributed by atoms with E-state index in [2.05, 4.69) is 21.2 Å². The van der Waals surface area contributed by atoms with E-state index >= 15 is 0 Å². The van der Waals surface area contributed by atoms with Crippen molar-refractivity contribution in [3.63, 3.8) is 0 Å². The van der Waals surface area contributed by atoms with Gasteiger partial charge in [0.2, 0.25) is 0 Å². The van der Waals surface area contributed by atoms with Gasteiger partial charge in [-0.1, -0.05) is 11.6 Å². The quantitative estimate of drug-likeness (QED) is 0.899. The maximum atomic E-state index is 12.3.